The molecule has 3 aromatic rings. The minimum atomic E-state index is 0.0666. The van der Waals surface area contributed by atoms with Crippen molar-refractivity contribution in [3.8, 4) is 21.5 Å². The maximum absolute atomic E-state index is 9.04. The van der Waals surface area contributed by atoms with Gasteiger partial charge in [-0.15, -0.1) is 10.2 Å². The zero-order chi connectivity index (χ0) is 20.4. The summed E-state index contributed by atoms with van der Waals surface area (Å²) in [5.41, 5.74) is 3.23. The summed E-state index contributed by atoms with van der Waals surface area (Å²) >= 11 is 7.84. The van der Waals surface area contributed by atoms with E-state index < -0.39 is 0 Å². The molecule has 1 aliphatic rings. The largest absolute Gasteiger partial charge is 0.489 e. The van der Waals surface area contributed by atoms with Gasteiger partial charge in [-0.1, -0.05) is 22.9 Å². The second-order valence-electron chi connectivity index (χ2n) is 7.35. The van der Waals surface area contributed by atoms with Crippen LogP contribution < -0.4 is 4.74 Å². The fourth-order valence-electron chi connectivity index (χ4n) is 3.36. The molecular formula is C20H24ClN5O2S. The molecule has 0 amide bonds. The van der Waals surface area contributed by atoms with Gasteiger partial charge in [0.1, 0.15) is 10.8 Å². The molecule has 0 atom stereocenters. The van der Waals surface area contributed by atoms with E-state index in [9.17, 15) is 0 Å². The number of aliphatic hydroxyl groups excluding tert-OH is 1. The number of hydrogen-bond acceptors (Lipinski definition) is 7. The van der Waals surface area contributed by atoms with Gasteiger partial charge in [-0.3, -0.25) is 4.90 Å². The average Bonchev–Trinajstić information content (AvgIpc) is 3.34. The molecule has 0 aliphatic carbocycles. The Bertz CT molecular complexity index is 987. The number of nitrogens with zero attached hydrogens (tertiary/aromatic N) is 5. The van der Waals surface area contributed by atoms with E-state index in [4.69, 9.17) is 26.5 Å². The molecule has 1 aromatic carbocycles. The number of fused-ring (bicyclic) bond motifs is 1. The van der Waals surface area contributed by atoms with E-state index in [1.54, 1.807) is 0 Å². The van der Waals surface area contributed by atoms with Crippen molar-refractivity contribution in [3.05, 3.63) is 40.7 Å². The molecule has 2 aromatic heterocycles. The summed E-state index contributed by atoms with van der Waals surface area (Å²) in [6.07, 6.45) is 3.81. The lowest BCUT2D eigenvalue weighted by molar-refractivity contribution is 0.212. The molecule has 0 unspecified atom stereocenters. The molecule has 154 valence electrons. The highest BCUT2D eigenvalue weighted by Crippen LogP contribution is 2.33. The molecule has 0 fully saturated rings. The van der Waals surface area contributed by atoms with Gasteiger partial charge in [0, 0.05) is 50.0 Å². The maximum atomic E-state index is 9.04. The molecule has 0 saturated heterocycles. The lowest BCUT2D eigenvalue weighted by Gasteiger charge is -2.25. The van der Waals surface area contributed by atoms with E-state index in [2.05, 4.69) is 15.1 Å². The fraction of sp³-hybridized carbons (Fsp3) is 0.450. The van der Waals surface area contributed by atoms with Gasteiger partial charge in [0.05, 0.1) is 16.8 Å². The summed E-state index contributed by atoms with van der Waals surface area (Å²) in [6.45, 7) is 6.89. The van der Waals surface area contributed by atoms with Crippen LogP contribution in [0.5, 0.6) is 5.75 Å². The average molecular weight is 434 g/mol. The number of halogens is 1. The molecule has 0 radical (unpaired) electrons. The van der Waals surface area contributed by atoms with Crippen molar-refractivity contribution in [1.29, 1.82) is 0 Å². The maximum Gasteiger partial charge on any atom is 0.233 e. The normalized spacial score (nSPS) is 14.4. The highest BCUT2D eigenvalue weighted by atomic mass is 35.5. The molecule has 0 bridgehead atoms. The topological polar surface area (TPSA) is 76.3 Å². The van der Waals surface area contributed by atoms with Crippen molar-refractivity contribution in [2.75, 3.05) is 19.7 Å². The highest BCUT2D eigenvalue weighted by molar-refractivity contribution is 7.17. The van der Waals surface area contributed by atoms with Crippen molar-refractivity contribution in [1.82, 2.24) is 24.9 Å². The standard InChI is InChI=1S/C20H24ClN5O2S/c1-13(2)28-18-5-4-14(10-16(18)21)19-22-23-20(29-19)26-12-15-11-25(7-3-9-27)8-6-17(15)24-26/h4-5,10,12-13,27H,3,6-9,11H2,1-2H3. The minimum Gasteiger partial charge on any atom is -0.489 e. The Kier molecular flexibility index (Phi) is 6.15. The van der Waals surface area contributed by atoms with Crippen LogP contribution in [0, 0.1) is 0 Å². The predicted octanol–water partition coefficient (Wildman–Crippen LogP) is 3.57. The zero-order valence-corrected chi connectivity index (χ0v) is 18.1. The Labute approximate surface area is 178 Å². The number of hydrogen-bond donors (Lipinski definition) is 1. The molecule has 9 heteroatoms. The first-order chi connectivity index (χ1) is 14.0. The smallest absolute Gasteiger partial charge is 0.233 e. The second-order valence-corrected chi connectivity index (χ2v) is 8.71. The van der Waals surface area contributed by atoms with Crippen LogP contribution >= 0.6 is 22.9 Å². The third-order valence-corrected chi connectivity index (χ3v) is 5.98. The Balaban J connectivity index is 1.52. The Morgan fingerprint density at radius 2 is 2.17 bits per heavy atom. The Hall–Kier alpha value is -2.00. The van der Waals surface area contributed by atoms with Crippen LogP contribution in [-0.4, -0.2) is 55.8 Å². The lowest BCUT2D eigenvalue weighted by atomic mass is 10.1. The molecule has 3 heterocycles. The zero-order valence-electron chi connectivity index (χ0n) is 16.5. The molecule has 7 nitrogen and oxygen atoms in total. The molecule has 29 heavy (non-hydrogen) atoms. The highest BCUT2D eigenvalue weighted by Gasteiger charge is 2.21. The summed E-state index contributed by atoms with van der Waals surface area (Å²) in [4.78, 5) is 2.35. The van der Waals surface area contributed by atoms with Gasteiger partial charge in [0.2, 0.25) is 5.13 Å². The van der Waals surface area contributed by atoms with Crippen LogP contribution in [0.4, 0.5) is 0 Å². The number of ether oxygens (including phenoxy) is 1. The third-order valence-electron chi connectivity index (χ3n) is 4.72. The van der Waals surface area contributed by atoms with Crippen molar-refractivity contribution < 1.29 is 9.84 Å². The van der Waals surface area contributed by atoms with Crippen molar-refractivity contribution in [2.45, 2.75) is 39.3 Å². The van der Waals surface area contributed by atoms with E-state index >= 15 is 0 Å². The molecule has 4 rings (SSSR count). The molecule has 1 N–H and O–H groups in total. The Morgan fingerprint density at radius 1 is 1.31 bits per heavy atom. The van der Waals surface area contributed by atoms with Gasteiger partial charge < -0.3 is 9.84 Å². The van der Waals surface area contributed by atoms with E-state index in [1.807, 2.05) is 42.9 Å². The SMILES string of the molecule is CC(C)Oc1ccc(-c2nnc(-n3cc4c(n3)CCN(CCCO)C4)s2)cc1Cl. The monoisotopic (exact) mass is 433 g/mol. The first-order valence-electron chi connectivity index (χ1n) is 9.74. The second kappa shape index (κ2) is 8.79. The fourth-order valence-corrected chi connectivity index (χ4v) is 4.36. The first-order valence-corrected chi connectivity index (χ1v) is 10.9. The molecule has 0 spiro atoms. The number of rotatable bonds is 7. The van der Waals surface area contributed by atoms with Crippen LogP contribution in [0.1, 0.15) is 31.5 Å². The van der Waals surface area contributed by atoms with Gasteiger partial charge in [0.25, 0.3) is 0 Å². The lowest BCUT2D eigenvalue weighted by Crippen LogP contribution is -2.31. The number of aliphatic hydroxyl groups is 1. The van der Waals surface area contributed by atoms with E-state index in [-0.39, 0.29) is 12.7 Å². The molecular weight excluding hydrogens is 410 g/mol. The first kappa shape index (κ1) is 20.3. The summed E-state index contributed by atoms with van der Waals surface area (Å²) in [5.74, 6) is 0.667. The van der Waals surface area contributed by atoms with Crippen LogP contribution in [0.25, 0.3) is 15.7 Å². The summed E-state index contributed by atoms with van der Waals surface area (Å²) < 4.78 is 7.51. The summed E-state index contributed by atoms with van der Waals surface area (Å²) in [7, 11) is 0. The third kappa shape index (κ3) is 4.61. The van der Waals surface area contributed by atoms with Gasteiger partial charge in [-0.2, -0.15) is 5.10 Å². The molecule has 1 aliphatic heterocycles. The molecule has 0 saturated carbocycles. The minimum absolute atomic E-state index is 0.0666. The van der Waals surface area contributed by atoms with Crippen molar-refractivity contribution in [3.63, 3.8) is 0 Å². The van der Waals surface area contributed by atoms with E-state index in [1.165, 1.54) is 16.9 Å². The quantitative estimate of drug-likeness (QED) is 0.613. The van der Waals surface area contributed by atoms with Crippen LogP contribution in [0.3, 0.4) is 0 Å². The van der Waals surface area contributed by atoms with Gasteiger partial charge in [-0.05, 0) is 38.5 Å². The van der Waals surface area contributed by atoms with Crippen molar-refractivity contribution in [2.24, 2.45) is 0 Å². The summed E-state index contributed by atoms with van der Waals surface area (Å²) in [6, 6.07) is 5.67. The predicted molar refractivity (Wildman–Crippen MR) is 114 cm³/mol. The Morgan fingerprint density at radius 3 is 2.93 bits per heavy atom. The number of aromatic nitrogens is 4. The van der Waals surface area contributed by atoms with Crippen molar-refractivity contribution >= 4 is 22.9 Å². The van der Waals surface area contributed by atoms with E-state index in [0.717, 1.165) is 53.9 Å². The van der Waals surface area contributed by atoms with Gasteiger partial charge in [-0.25, -0.2) is 4.68 Å². The van der Waals surface area contributed by atoms with Crippen LogP contribution in [0.2, 0.25) is 5.02 Å². The number of benzene rings is 1. The van der Waals surface area contributed by atoms with Gasteiger partial charge in [0.15, 0.2) is 0 Å². The van der Waals surface area contributed by atoms with Crippen LogP contribution in [-0.2, 0) is 13.0 Å². The van der Waals surface area contributed by atoms with Crippen LogP contribution in [0.15, 0.2) is 24.4 Å². The van der Waals surface area contributed by atoms with E-state index in [0.29, 0.717) is 10.8 Å². The van der Waals surface area contributed by atoms with Gasteiger partial charge >= 0.3 is 0 Å². The summed E-state index contributed by atoms with van der Waals surface area (Å²) in [5, 5.41) is 24.5.